The molecular weight excluding hydrogens is 379 g/mol. The Kier molecular flexibility index (Phi) is 5.54. The lowest BCUT2D eigenvalue weighted by Crippen LogP contribution is -2.45. The first-order valence-electron chi connectivity index (χ1n) is 8.13. The number of aromatic nitrogens is 1. The van der Waals surface area contributed by atoms with Crippen LogP contribution in [0.3, 0.4) is 0 Å². The average Bonchev–Trinajstić information content (AvgIpc) is 3.02. The van der Waals surface area contributed by atoms with Crippen molar-refractivity contribution in [1.29, 1.82) is 0 Å². The van der Waals surface area contributed by atoms with Crippen LogP contribution in [-0.2, 0) is 10.0 Å². The largest absolute Gasteiger partial charge is 0.375 e. The topological polar surface area (TPSA) is 114 Å². The molecule has 0 bridgehead atoms. The van der Waals surface area contributed by atoms with Gasteiger partial charge >= 0.3 is 0 Å². The van der Waals surface area contributed by atoms with Gasteiger partial charge in [-0.25, -0.2) is 22.5 Å². The number of benzene rings is 1. The second-order valence-electron chi connectivity index (χ2n) is 6.18. The number of anilines is 1. The summed E-state index contributed by atoms with van der Waals surface area (Å²) in [4.78, 5) is 16.1. The van der Waals surface area contributed by atoms with Gasteiger partial charge in [-0.05, 0) is 49.9 Å². The molecule has 7 nitrogen and oxygen atoms in total. The molecule has 1 fully saturated rings. The zero-order valence-electron chi connectivity index (χ0n) is 13.8. The lowest BCUT2D eigenvalue weighted by Gasteiger charge is -2.30. The molecular formula is C16H19FN4O3S2. The number of sulfonamides is 1. The number of nitrogens with one attached hydrogen (secondary N) is 2. The summed E-state index contributed by atoms with van der Waals surface area (Å²) in [6, 6.07) is 4.22. The maximum absolute atomic E-state index is 13.0. The van der Waals surface area contributed by atoms with Crippen molar-refractivity contribution in [2.24, 2.45) is 0 Å². The van der Waals surface area contributed by atoms with Crippen molar-refractivity contribution in [2.75, 3.05) is 5.73 Å². The Bertz CT molecular complexity index is 883. The highest BCUT2D eigenvalue weighted by molar-refractivity contribution is 7.89. The van der Waals surface area contributed by atoms with Crippen LogP contribution in [0.5, 0.6) is 0 Å². The molecule has 3 rings (SSSR count). The number of thiazole rings is 1. The van der Waals surface area contributed by atoms with E-state index < -0.39 is 15.8 Å². The predicted octanol–water partition coefficient (Wildman–Crippen LogP) is 1.88. The van der Waals surface area contributed by atoms with E-state index in [4.69, 9.17) is 5.73 Å². The third-order valence-electron chi connectivity index (χ3n) is 4.21. The van der Waals surface area contributed by atoms with E-state index in [1.807, 2.05) is 0 Å². The number of hydrogen-bond donors (Lipinski definition) is 3. The van der Waals surface area contributed by atoms with Gasteiger partial charge in [0, 0.05) is 17.5 Å². The summed E-state index contributed by atoms with van der Waals surface area (Å²) in [5.74, 6) is -0.808. The minimum Gasteiger partial charge on any atom is -0.375 e. The fourth-order valence-corrected chi connectivity index (χ4v) is 4.81. The van der Waals surface area contributed by atoms with Crippen molar-refractivity contribution in [3.8, 4) is 0 Å². The first-order valence-corrected chi connectivity index (χ1v) is 10.5. The van der Waals surface area contributed by atoms with Gasteiger partial charge in [-0.15, -0.1) is 11.3 Å². The van der Waals surface area contributed by atoms with Gasteiger partial charge in [-0.2, -0.15) is 0 Å². The molecule has 10 heteroatoms. The fourth-order valence-electron chi connectivity index (χ4n) is 2.98. The lowest BCUT2D eigenvalue weighted by atomic mass is 9.91. The van der Waals surface area contributed by atoms with Crippen molar-refractivity contribution in [2.45, 2.75) is 42.7 Å². The van der Waals surface area contributed by atoms with E-state index in [2.05, 4.69) is 15.0 Å². The first kappa shape index (κ1) is 18.7. The zero-order valence-corrected chi connectivity index (χ0v) is 15.4. The Morgan fingerprint density at radius 2 is 1.92 bits per heavy atom. The van der Waals surface area contributed by atoms with E-state index in [1.165, 1.54) is 23.5 Å². The van der Waals surface area contributed by atoms with Crippen LogP contribution in [0.1, 0.15) is 36.2 Å². The second-order valence-corrected chi connectivity index (χ2v) is 8.78. The second kappa shape index (κ2) is 7.68. The fraction of sp³-hybridized carbons (Fsp3) is 0.375. The average molecular weight is 398 g/mol. The van der Waals surface area contributed by atoms with Crippen LogP contribution in [0.25, 0.3) is 0 Å². The summed E-state index contributed by atoms with van der Waals surface area (Å²) in [5.41, 5.74) is 5.80. The molecule has 1 heterocycles. The molecule has 26 heavy (non-hydrogen) atoms. The van der Waals surface area contributed by atoms with Gasteiger partial charge in [0.25, 0.3) is 5.91 Å². The Balaban J connectivity index is 1.61. The molecule has 0 unspecified atom stereocenters. The van der Waals surface area contributed by atoms with E-state index in [0.29, 0.717) is 18.0 Å². The van der Waals surface area contributed by atoms with Crippen LogP contribution in [0.2, 0.25) is 0 Å². The highest BCUT2D eigenvalue weighted by atomic mass is 32.2. The molecule has 4 N–H and O–H groups in total. The minimum atomic E-state index is -3.73. The van der Waals surface area contributed by atoms with E-state index >= 15 is 0 Å². The predicted molar refractivity (Wildman–Crippen MR) is 96.8 cm³/mol. The molecule has 1 saturated carbocycles. The Morgan fingerprint density at radius 1 is 1.23 bits per heavy atom. The van der Waals surface area contributed by atoms with Crippen molar-refractivity contribution >= 4 is 32.4 Å². The highest BCUT2D eigenvalue weighted by Gasteiger charge is 2.28. The van der Waals surface area contributed by atoms with Gasteiger partial charge in [0.2, 0.25) is 10.0 Å². The van der Waals surface area contributed by atoms with Crippen molar-refractivity contribution in [3.05, 3.63) is 41.2 Å². The molecule has 1 aliphatic carbocycles. The molecule has 140 valence electrons. The Hall–Kier alpha value is -2.04. The van der Waals surface area contributed by atoms with Crippen molar-refractivity contribution < 1.29 is 17.6 Å². The van der Waals surface area contributed by atoms with Gasteiger partial charge < -0.3 is 11.1 Å². The van der Waals surface area contributed by atoms with Gasteiger partial charge in [0.15, 0.2) is 5.13 Å². The molecule has 0 spiro atoms. The van der Waals surface area contributed by atoms with E-state index in [9.17, 15) is 17.6 Å². The van der Waals surface area contributed by atoms with E-state index in [-0.39, 0.29) is 28.6 Å². The quantitative estimate of drug-likeness (QED) is 0.712. The Labute approximate surface area is 154 Å². The molecule has 0 aliphatic heterocycles. The summed E-state index contributed by atoms with van der Waals surface area (Å²) < 4.78 is 40.5. The molecule has 2 atom stereocenters. The van der Waals surface area contributed by atoms with Gasteiger partial charge in [-0.1, -0.05) is 0 Å². The summed E-state index contributed by atoms with van der Waals surface area (Å²) >= 11 is 1.19. The summed E-state index contributed by atoms with van der Waals surface area (Å²) in [5, 5.41) is 4.79. The van der Waals surface area contributed by atoms with Crippen LogP contribution >= 0.6 is 11.3 Å². The van der Waals surface area contributed by atoms with E-state index in [1.54, 1.807) is 5.38 Å². The number of hydrogen-bond acceptors (Lipinski definition) is 6. The molecule has 1 amide bonds. The Morgan fingerprint density at radius 3 is 2.58 bits per heavy atom. The number of amides is 1. The molecule has 0 radical (unpaired) electrons. The van der Waals surface area contributed by atoms with E-state index in [0.717, 1.165) is 25.0 Å². The smallest absolute Gasteiger partial charge is 0.271 e. The number of nitrogen functional groups attached to an aromatic ring is 1. The van der Waals surface area contributed by atoms with Gasteiger partial charge in [0.1, 0.15) is 11.5 Å². The standard InChI is InChI=1S/C16H19FN4O3S2/c17-10-4-6-13(7-5-10)26(23,24)21-12-3-1-2-11(8-12)19-15(22)14-9-25-16(18)20-14/h4-7,9,11-12,21H,1-3,8H2,(H2,18,20)(H,19,22)/t11-,12-/m1/s1. The van der Waals surface area contributed by atoms with Gasteiger partial charge in [0.05, 0.1) is 4.90 Å². The van der Waals surface area contributed by atoms with Crippen LogP contribution in [0, 0.1) is 5.82 Å². The number of nitrogens with zero attached hydrogens (tertiary/aromatic N) is 1. The summed E-state index contributed by atoms with van der Waals surface area (Å²) in [6.07, 6.45) is 2.70. The normalized spacial score (nSPS) is 20.7. The van der Waals surface area contributed by atoms with Crippen LogP contribution < -0.4 is 15.8 Å². The maximum Gasteiger partial charge on any atom is 0.271 e. The SMILES string of the molecule is Nc1nc(C(=O)N[C@@H]2CCC[C@@H](NS(=O)(=O)c3ccc(F)cc3)C2)cs1. The highest BCUT2D eigenvalue weighted by Crippen LogP contribution is 2.22. The molecule has 1 aromatic heterocycles. The number of rotatable bonds is 5. The number of carbonyl (C=O) groups excluding carboxylic acids is 1. The molecule has 0 saturated heterocycles. The van der Waals surface area contributed by atoms with Crippen molar-refractivity contribution in [1.82, 2.24) is 15.0 Å². The maximum atomic E-state index is 13.0. The molecule has 1 aromatic carbocycles. The number of halogens is 1. The van der Waals surface area contributed by atoms with Crippen LogP contribution in [-0.4, -0.2) is 31.4 Å². The first-order chi connectivity index (χ1) is 12.3. The van der Waals surface area contributed by atoms with Crippen LogP contribution in [0.15, 0.2) is 34.5 Å². The zero-order chi connectivity index (χ0) is 18.7. The minimum absolute atomic E-state index is 0.0167. The summed E-state index contributed by atoms with van der Waals surface area (Å²) in [7, 11) is -3.73. The van der Waals surface area contributed by atoms with Crippen LogP contribution in [0.4, 0.5) is 9.52 Å². The molecule has 1 aliphatic rings. The number of nitrogens with two attached hydrogens (primary N) is 1. The summed E-state index contributed by atoms with van der Waals surface area (Å²) in [6.45, 7) is 0. The molecule has 2 aromatic rings. The number of carbonyl (C=O) groups is 1. The third-order valence-corrected chi connectivity index (χ3v) is 6.42. The third kappa shape index (κ3) is 4.57. The van der Waals surface area contributed by atoms with Crippen molar-refractivity contribution in [3.63, 3.8) is 0 Å². The van der Waals surface area contributed by atoms with Gasteiger partial charge in [-0.3, -0.25) is 4.79 Å². The lowest BCUT2D eigenvalue weighted by molar-refractivity contribution is 0.0920. The monoisotopic (exact) mass is 398 g/mol.